The van der Waals surface area contributed by atoms with Gasteiger partial charge in [-0.1, -0.05) is 11.6 Å². The molecular weight excluding hydrogens is 345 g/mol. The van der Waals surface area contributed by atoms with E-state index in [0.717, 1.165) is 0 Å². The van der Waals surface area contributed by atoms with Crippen molar-refractivity contribution in [1.29, 1.82) is 0 Å². The average Bonchev–Trinajstić information content (AvgIpc) is 2.40. The minimum atomic E-state index is -2.48. The first-order valence-electron chi connectivity index (χ1n) is 6.20. The summed E-state index contributed by atoms with van der Waals surface area (Å²) < 4.78 is 32.1. The first-order chi connectivity index (χ1) is 9.13. The molecule has 1 atom stereocenters. The van der Waals surface area contributed by atoms with Crippen molar-refractivity contribution >= 4 is 36.4 Å². The van der Waals surface area contributed by atoms with Gasteiger partial charge in [-0.05, 0) is 18.2 Å². The third kappa shape index (κ3) is 5.11. The molecule has 8 heteroatoms. The number of rotatable bonds is 4. The molecule has 1 saturated heterocycles. The van der Waals surface area contributed by atoms with Crippen LogP contribution in [-0.4, -0.2) is 44.6 Å². The normalized spacial score (nSPS) is 16.8. The Morgan fingerprint density at radius 1 is 1.24 bits per heavy atom. The Kier molecular flexibility index (Phi) is 9.49. The summed E-state index contributed by atoms with van der Waals surface area (Å²) in [6.45, 7) is 2.60. The molecule has 122 valence electrons. The van der Waals surface area contributed by atoms with Crippen LogP contribution in [0.3, 0.4) is 0 Å². The van der Waals surface area contributed by atoms with Crippen LogP contribution in [0, 0.1) is 0 Å². The van der Waals surface area contributed by atoms with Gasteiger partial charge in [0.1, 0.15) is 11.8 Å². The minimum Gasteiger partial charge on any atom is -0.496 e. The molecule has 1 aromatic rings. The molecule has 0 bridgehead atoms. The van der Waals surface area contributed by atoms with E-state index in [9.17, 15) is 8.78 Å². The van der Waals surface area contributed by atoms with E-state index in [1.54, 1.807) is 23.1 Å². The molecule has 1 aromatic carbocycles. The SMILES string of the molecule is COc1ccc(Cl)cc1[C@H](C(F)F)N1CCNCC1.Cl.Cl. The zero-order valence-electron chi connectivity index (χ0n) is 11.5. The summed E-state index contributed by atoms with van der Waals surface area (Å²) in [6.07, 6.45) is -2.48. The zero-order valence-corrected chi connectivity index (χ0v) is 13.9. The fourth-order valence-corrected chi connectivity index (χ4v) is 2.57. The topological polar surface area (TPSA) is 24.5 Å². The zero-order chi connectivity index (χ0) is 13.8. The summed E-state index contributed by atoms with van der Waals surface area (Å²) in [4.78, 5) is 1.77. The van der Waals surface area contributed by atoms with E-state index >= 15 is 0 Å². The fourth-order valence-electron chi connectivity index (χ4n) is 2.39. The molecule has 1 heterocycles. The number of nitrogens with zero attached hydrogens (tertiary/aromatic N) is 1. The van der Waals surface area contributed by atoms with Crippen molar-refractivity contribution in [1.82, 2.24) is 10.2 Å². The van der Waals surface area contributed by atoms with Crippen LogP contribution in [0.2, 0.25) is 5.02 Å². The average molecular weight is 364 g/mol. The van der Waals surface area contributed by atoms with Gasteiger partial charge >= 0.3 is 0 Å². The van der Waals surface area contributed by atoms with Crippen molar-refractivity contribution in [3.05, 3.63) is 28.8 Å². The van der Waals surface area contributed by atoms with Gasteiger partial charge in [-0.25, -0.2) is 8.78 Å². The number of ether oxygens (including phenoxy) is 1. The van der Waals surface area contributed by atoms with Crippen molar-refractivity contribution in [3.8, 4) is 5.75 Å². The second kappa shape index (κ2) is 9.64. The molecule has 1 aliphatic rings. The Bertz CT molecular complexity index is 432. The molecule has 0 saturated carbocycles. The van der Waals surface area contributed by atoms with Crippen LogP contribution in [0.1, 0.15) is 11.6 Å². The van der Waals surface area contributed by atoms with Crippen LogP contribution in [0.4, 0.5) is 8.78 Å². The molecule has 2 rings (SSSR count). The molecule has 0 radical (unpaired) electrons. The maximum absolute atomic E-state index is 13.5. The first-order valence-corrected chi connectivity index (χ1v) is 6.57. The van der Waals surface area contributed by atoms with Crippen molar-refractivity contribution in [2.24, 2.45) is 0 Å². The third-order valence-electron chi connectivity index (χ3n) is 3.29. The lowest BCUT2D eigenvalue weighted by Gasteiger charge is -2.35. The second-order valence-electron chi connectivity index (χ2n) is 4.45. The van der Waals surface area contributed by atoms with Crippen molar-refractivity contribution in [2.75, 3.05) is 33.3 Å². The minimum absolute atomic E-state index is 0. The van der Waals surface area contributed by atoms with E-state index in [4.69, 9.17) is 16.3 Å². The van der Waals surface area contributed by atoms with Gasteiger partial charge in [0, 0.05) is 36.8 Å². The van der Waals surface area contributed by atoms with Crippen molar-refractivity contribution < 1.29 is 13.5 Å². The van der Waals surface area contributed by atoms with E-state index in [1.165, 1.54) is 7.11 Å². The first kappa shape index (κ1) is 20.7. The Hall–Kier alpha value is -0.330. The highest BCUT2D eigenvalue weighted by atomic mass is 35.5. The highest BCUT2D eigenvalue weighted by Crippen LogP contribution is 2.35. The molecule has 21 heavy (non-hydrogen) atoms. The van der Waals surface area contributed by atoms with Crippen LogP contribution in [0.15, 0.2) is 18.2 Å². The van der Waals surface area contributed by atoms with Gasteiger partial charge in [0.2, 0.25) is 0 Å². The number of benzene rings is 1. The van der Waals surface area contributed by atoms with E-state index < -0.39 is 12.5 Å². The monoisotopic (exact) mass is 362 g/mol. The van der Waals surface area contributed by atoms with E-state index in [-0.39, 0.29) is 24.8 Å². The lowest BCUT2D eigenvalue weighted by Crippen LogP contribution is -2.47. The van der Waals surface area contributed by atoms with Crippen LogP contribution in [0.25, 0.3) is 0 Å². The molecule has 1 fully saturated rings. The van der Waals surface area contributed by atoms with E-state index in [2.05, 4.69) is 5.32 Å². The van der Waals surface area contributed by atoms with Gasteiger partial charge in [-0.3, -0.25) is 4.90 Å². The molecule has 0 amide bonds. The summed E-state index contributed by atoms with van der Waals surface area (Å²) >= 11 is 5.93. The van der Waals surface area contributed by atoms with Gasteiger partial charge in [0.25, 0.3) is 6.43 Å². The standard InChI is InChI=1S/C13H17ClF2N2O.2ClH/c1-19-11-3-2-9(14)8-10(11)12(13(15)16)18-6-4-17-5-7-18;;/h2-3,8,12-13,17H,4-7H2,1H3;2*1H/t12-;;/m1../s1. The van der Waals surface area contributed by atoms with Gasteiger partial charge in [-0.2, -0.15) is 0 Å². The summed E-state index contributed by atoms with van der Waals surface area (Å²) in [5.41, 5.74) is 0.451. The number of piperazine rings is 1. The van der Waals surface area contributed by atoms with Gasteiger partial charge in [0.05, 0.1) is 7.11 Å². The fraction of sp³-hybridized carbons (Fsp3) is 0.538. The Morgan fingerprint density at radius 3 is 2.38 bits per heavy atom. The molecule has 1 N–H and O–H groups in total. The lowest BCUT2D eigenvalue weighted by molar-refractivity contribution is 0.0170. The number of alkyl halides is 2. The van der Waals surface area contributed by atoms with Gasteiger partial charge in [-0.15, -0.1) is 24.8 Å². The number of halogens is 5. The molecular formula is C13H19Cl3F2N2O. The number of hydrogen-bond acceptors (Lipinski definition) is 3. The maximum Gasteiger partial charge on any atom is 0.258 e. The second-order valence-corrected chi connectivity index (χ2v) is 4.89. The number of hydrogen-bond donors (Lipinski definition) is 1. The molecule has 0 aliphatic carbocycles. The summed E-state index contributed by atoms with van der Waals surface area (Å²) in [7, 11) is 1.48. The van der Waals surface area contributed by atoms with Crippen LogP contribution in [0.5, 0.6) is 5.75 Å². The van der Waals surface area contributed by atoms with Crippen LogP contribution in [-0.2, 0) is 0 Å². The predicted octanol–water partition coefficient (Wildman–Crippen LogP) is 3.40. The summed E-state index contributed by atoms with van der Waals surface area (Å²) in [6, 6.07) is 3.87. The Morgan fingerprint density at radius 2 is 1.86 bits per heavy atom. The van der Waals surface area contributed by atoms with E-state index in [0.29, 0.717) is 42.5 Å². The largest absolute Gasteiger partial charge is 0.496 e. The summed E-state index contributed by atoms with van der Waals surface area (Å²) in [5.74, 6) is 0.452. The number of methoxy groups -OCH3 is 1. The molecule has 3 nitrogen and oxygen atoms in total. The summed E-state index contributed by atoms with van der Waals surface area (Å²) in [5, 5.41) is 3.60. The van der Waals surface area contributed by atoms with E-state index in [1.807, 2.05) is 0 Å². The van der Waals surface area contributed by atoms with Gasteiger partial charge in [0.15, 0.2) is 0 Å². The molecule has 0 unspecified atom stereocenters. The Balaban J connectivity index is 0.00000200. The smallest absolute Gasteiger partial charge is 0.258 e. The quantitative estimate of drug-likeness (QED) is 0.887. The maximum atomic E-state index is 13.5. The van der Waals surface area contributed by atoms with Crippen LogP contribution >= 0.6 is 36.4 Å². The highest BCUT2D eigenvalue weighted by Gasteiger charge is 2.32. The van der Waals surface area contributed by atoms with Crippen molar-refractivity contribution in [2.45, 2.75) is 12.5 Å². The third-order valence-corrected chi connectivity index (χ3v) is 3.53. The highest BCUT2D eigenvalue weighted by molar-refractivity contribution is 6.30. The number of nitrogens with one attached hydrogen (secondary N) is 1. The predicted molar refractivity (Wildman–Crippen MR) is 85.7 cm³/mol. The molecule has 0 aromatic heterocycles. The molecule has 0 spiro atoms. The molecule has 1 aliphatic heterocycles. The van der Waals surface area contributed by atoms with Gasteiger partial charge < -0.3 is 10.1 Å². The van der Waals surface area contributed by atoms with Crippen LogP contribution < -0.4 is 10.1 Å². The Labute approximate surface area is 140 Å². The lowest BCUT2D eigenvalue weighted by atomic mass is 10.0. The van der Waals surface area contributed by atoms with Crippen molar-refractivity contribution in [3.63, 3.8) is 0 Å².